The third-order valence-corrected chi connectivity index (χ3v) is 4.06. The lowest BCUT2D eigenvalue weighted by Crippen LogP contribution is -2.04. The fourth-order valence-electron chi connectivity index (χ4n) is 2.28. The fraction of sp³-hybridized carbons (Fsp3) is 0.286. The van der Waals surface area contributed by atoms with Gasteiger partial charge in [-0.05, 0) is 42.3 Å². The number of pyridine rings is 1. The van der Waals surface area contributed by atoms with Crippen LogP contribution in [0.15, 0.2) is 23.6 Å². The number of aryl methyl sites for hydroxylation is 2. The summed E-state index contributed by atoms with van der Waals surface area (Å²) in [5.41, 5.74) is 3.06. The molecule has 90 valence electrons. The third kappa shape index (κ3) is 2.09. The van der Waals surface area contributed by atoms with Gasteiger partial charge in [0.15, 0.2) is 0 Å². The van der Waals surface area contributed by atoms with Crippen molar-refractivity contribution in [3.63, 3.8) is 0 Å². The van der Waals surface area contributed by atoms with Crippen LogP contribution in [-0.4, -0.2) is 4.98 Å². The largest absolute Gasteiger partial charge is 0.364 e. The van der Waals surface area contributed by atoms with E-state index in [0.717, 1.165) is 37.3 Å². The molecule has 0 atom stereocenters. The highest BCUT2D eigenvalue weighted by Crippen LogP contribution is 2.25. The summed E-state index contributed by atoms with van der Waals surface area (Å²) in [7, 11) is 0. The molecule has 0 unspecified atom stereocenters. The molecular weight excluding hydrogens is 242 g/mol. The summed E-state index contributed by atoms with van der Waals surface area (Å²) < 4.78 is 0. The zero-order valence-corrected chi connectivity index (χ0v) is 10.8. The van der Waals surface area contributed by atoms with E-state index in [4.69, 9.17) is 0 Å². The first-order valence-electron chi connectivity index (χ1n) is 6.06. The van der Waals surface area contributed by atoms with Gasteiger partial charge in [-0.1, -0.05) is 6.07 Å². The first-order chi connectivity index (χ1) is 8.86. The number of nitrogens with one attached hydrogen (secondary N) is 1. The number of nitriles is 1. The van der Waals surface area contributed by atoms with E-state index in [1.807, 2.05) is 12.1 Å². The Morgan fingerprint density at radius 2 is 2.39 bits per heavy atom. The molecule has 0 radical (unpaired) electrons. The minimum Gasteiger partial charge on any atom is -0.364 e. The molecule has 0 aromatic carbocycles. The number of rotatable bonds is 3. The molecule has 3 nitrogen and oxygen atoms in total. The van der Waals surface area contributed by atoms with E-state index in [1.54, 1.807) is 11.3 Å². The van der Waals surface area contributed by atoms with Crippen molar-refractivity contribution in [2.45, 2.75) is 25.8 Å². The number of aromatic nitrogens is 1. The lowest BCUT2D eigenvalue weighted by molar-refractivity contribution is 0.899. The summed E-state index contributed by atoms with van der Waals surface area (Å²) in [6, 6.07) is 8.34. The number of nitrogens with zero attached hydrogens (tertiary/aromatic N) is 2. The van der Waals surface area contributed by atoms with Crippen molar-refractivity contribution >= 4 is 17.2 Å². The summed E-state index contributed by atoms with van der Waals surface area (Å²) in [5.74, 6) is 0.728. The second kappa shape index (κ2) is 4.79. The van der Waals surface area contributed by atoms with E-state index in [1.165, 1.54) is 10.4 Å². The minimum atomic E-state index is 0.659. The van der Waals surface area contributed by atoms with Crippen LogP contribution in [0.25, 0.3) is 0 Å². The standard InChI is InChI=1S/C14H13N3S/c15-8-11-7-10-3-1-5-13(10)17-14(11)16-9-12-4-2-6-18-12/h2,4,6-7H,1,3,5,9H2,(H,16,17). The molecule has 0 saturated carbocycles. The molecule has 2 aromatic rings. The molecule has 0 bridgehead atoms. The van der Waals surface area contributed by atoms with Gasteiger partial charge in [-0.25, -0.2) is 4.98 Å². The molecule has 0 saturated heterocycles. The zero-order valence-electron chi connectivity index (χ0n) is 9.94. The van der Waals surface area contributed by atoms with E-state index < -0.39 is 0 Å². The third-order valence-electron chi connectivity index (χ3n) is 3.18. The van der Waals surface area contributed by atoms with Gasteiger partial charge in [0.2, 0.25) is 0 Å². The van der Waals surface area contributed by atoms with Crippen molar-refractivity contribution in [1.82, 2.24) is 4.98 Å². The SMILES string of the molecule is N#Cc1cc2c(nc1NCc1cccs1)CCC2. The zero-order chi connectivity index (χ0) is 12.4. The molecule has 18 heavy (non-hydrogen) atoms. The predicted molar refractivity (Wildman–Crippen MR) is 72.6 cm³/mol. The molecule has 0 spiro atoms. The molecule has 1 aliphatic rings. The molecule has 2 heterocycles. The normalized spacial score (nSPS) is 13.1. The minimum absolute atomic E-state index is 0.659. The Balaban J connectivity index is 1.85. The van der Waals surface area contributed by atoms with E-state index in [0.29, 0.717) is 5.56 Å². The smallest absolute Gasteiger partial charge is 0.144 e. The molecule has 2 aromatic heterocycles. The summed E-state index contributed by atoms with van der Waals surface area (Å²) >= 11 is 1.71. The molecule has 3 rings (SSSR count). The Bertz CT molecular complexity index is 596. The molecule has 4 heteroatoms. The predicted octanol–water partition coefficient (Wildman–Crippen LogP) is 3.12. The lowest BCUT2D eigenvalue weighted by Gasteiger charge is -2.08. The molecular formula is C14H13N3S. The number of hydrogen-bond donors (Lipinski definition) is 1. The topological polar surface area (TPSA) is 48.7 Å². The van der Waals surface area contributed by atoms with Gasteiger partial charge >= 0.3 is 0 Å². The van der Waals surface area contributed by atoms with Gasteiger partial charge in [-0.15, -0.1) is 11.3 Å². The fourth-order valence-corrected chi connectivity index (χ4v) is 2.92. The van der Waals surface area contributed by atoms with Crippen LogP contribution >= 0.6 is 11.3 Å². The highest BCUT2D eigenvalue weighted by atomic mass is 32.1. The van der Waals surface area contributed by atoms with Gasteiger partial charge < -0.3 is 5.32 Å². The van der Waals surface area contributed by atoms with Crippen molar-refractivity contribution < 1.29 is 0 Å². The highest BCUT2D eigenvalue weighted by Gasteiger charge is 2.16. The van der Waals surface area contributed by atoms with Crippen LogP contribution in [0, 0.1) is 11.3 Å². The molecule has 0 fully saturated rings. The van der Waals surface area contributed by atoms with Gasteiger partial charge in [0.25, 0.3) is 0 Å². The quantitative estimate of drug-likeness (QED) is 0.916. The Kier molecular flexibility index (Phi) is 2.99. The van der Waals surface area contributed by atoms with Crippen LogP contribution in [0.5, 0.6) is 0 Å². The monoisotopic (exact) mass is 255 g/mol. The van der Waals surface area contributed by atoms with Crippen LogP contribution in [0.2, 0.25) is 0 Å². The Hall–Kier alpha value is -1.86. The molecule has 0 aliphatic heterocycles. The Morgan fingerprint density at radius 3 is 3.17 bits per heavy atom. The second-order valence-electron chi connectivity index (χ2n) is 4.39. The average Bonchev–Trinajstić information content (AvgIpc) is 3.05. The van der Waals surface area contributed by atoms with Crippen LogP contribution in [0.3, 0.4) is 0 Å². The van der Waals surface area contributed by atoms with Gasteiger partial charge in [0, 0.05) is 10.6 Å². The van der Waals surface area contributed by atoms with Crippen LogP contribution < -0.4 is 5.32 Å². The number of thiophene rings is 1. The van der Waals surface area contributed by atoms with Crippen molar-refractivity contribution in [3.05, 3.63) is 45.3 Å². The van der Waals surface area contributed by atoms with Gasteiger partial charge in [0.1, 0.15) is 11.9 Å². The van der Waals surface area contributed by atoms with Gasteiger partial charge in [-0.2, -0.15) is 5.26 Å². The van der Waals surface area contributed by atoms with Crippen molar-refractivity contribution in [2.24, 2.45) is 0 Å². The lowest BCUT2D eigenvalue weighted by atomic mass is 10.1. The highest BCUT2D eigenvalue weighted by molar-refractivity contribution is 7.09. The first kappa shape index (κ1) is 11.2. The maximum absolute atomic E-state index is 9.18. The summed E-state index contributed by atoms with van der Waals surface area (Å²) in [6.45, 7) is 0.734. The molecule has 1 N–H and O–H groups in total. The van der Waals surface area contributed by atoms with E-state index in [2.05, 4.69) is 27.8 Å². The van der Waals surface area contributed by atoms with Crippen LogP contribution in [0.1, 0.15) is 28.1 Å². The molecule has 1 aliphatic carbocycles. The number of anilines is 1. The van der Waals surface area contributed by atoms with Crippen LogP contribution in [0.4, 0.5) is 5.82 Å². The number of fused-ring (bicyclic) bond motifs is 1. The summed E-state index contributed by atoms with van der Waals surface area (Å²) in [5, 5.41) is 14.5. The van der Waals surface area contributed by atoms with Crippen LogP contribution in [-0.2, 0) is 19.4 Å². The second-order valence-corrected chi connectivity index (χ2v) is 5.42. The van der Waals surface area contributed by atoms with E-state index >= 15 is 0 Å². The summed E-state index contributed by atoms with van der Waals surface area (Å²) in [4.78, 5) is 5.85. The average molecular weight is 255 g/mol. The maximum atomic E-state index is 9.18. The van der Waals surface area contributed by atoms with Crippen molar-refractivity contribution in [3.8, 4) is 6.07 Å². The van der Waals surface area contributed by atoms with Crippen molar-refractivity contribution in [1.29, 1.82) is 5.26 Å². The van der Waals surface area contributed by atoms with Crippen molar-refractivity contribution in [2.75, 3.05) is 5.32 Å². The first-order valence-corrected chi connectivity index (χ1v) is 6.94. The van der Waals surface area contributed by atoms with Gasteiger partial charge in [-0.3, -0.25) is 0 Å². The molecule has 0 amide bonds. The van der Waals surface area contributed by atoms with E-state index in [-0.39, 0.29) is 0 Å². The summed E-state index contributed by atoms with van der Waals surface area (Å²) in [6.07, 6.45) is 3.25. The number of hydrogen-bond acceptors (Lipinski definition) is 4. The van der Waals surface area contributed by atoms with Gasteiger partial charge in [0.05, 0.1) is 12.1 Å². The Morgan fingerprint density at radius 1 is 1.44 bits per heavy atom. The maximum Gasteiger partial charge on any atom is 0.144 e. The van der Waals surface area contributed by atoms with E-state index in [9.17, 15) is 5.26 Å². The Labute approximate surface area is 110 Å².